The standard InChI is InChI=1S/C4H11NS3/c5-4(8-7)2-1-3-6/h4,6-7H,1-3,5H2. The average molecular weight is 169 g/mol. The Bertz CT molecular complexity index is 50.5. The van der Waals surface area contributed by atoms with Crippen molar-refractivity contribution in [3.05, 3.63) is 0 Å². The molecule has 2 N–H and O–H groups in total. The molecule has 0 rings (SSSR count). The lowest BCUT2D eigenvalue weighted by Gasteiger charge is -2.03. The smallest absolute Gasteiger partial charge is 0.0609 e. The second-order valence-electron chi connectivity index (χ2n) is 1.51. The van der Waals surface area contributed by atoms with Gasteiger partial charge in [-0.2, -0.15) is 12.6 Å². The first kappa shape index (κ1) is 9.01. The van der Waals surface area contributed by atoms with Gasteiger partial charge >= 0.3 is 0 Å². The molecule has 8 heavy (non-hydrogen) atoms. The maximum atomic E-state index is 5.51. The van der Waals surface area contributed by atoms with Crippen LogP contribution in [0.5, 0.6) is 0 Å². The maximum absolute atomic E-state index is 5.51. The Morgan fingerprint density at radius 3 is 2.62 bits per heavy atom. The highest BCUT2D eigenvalue weighted by molar-refractivity contribution is 8.68. The molecule has 0 saturated carbocycles. The summed E-state index contributed by atoms with van der Waals surface area (Å²) in [6, 6.07) is 0. The van der Waals surface area contributed by atoms with Gasteiger partial charge in [0.2, 0.25) is 0 Å². The highest BCUT2D eigenvalue weighted by Gasteiger charge is 1.96. The maximum Gasteiger partial charge on any atom is 0.0609 e. The number of hydrogen-bond donors (Lipinski definition) is 3. The molecule has 0 amide bonds. The molecule has 0 aromatic heterocycles. The van der Waals surface area contributed by atoms with Gasteiger partial charge in [-0.25, -0.2) is 0 Å². The highest BCUT2D eigenvalue weighted by Crippen LogP contribution is 2.14. The Labute approximate surface area is 65.0 Å². The van der Waals surface area contributed by atoms with E-state index in [4.69, 9.17) is 5.73 Å². The number of hydrogen-bond acceptors (Lipinski definition) is 4. The lowest BCUT2D eigenvalue weighted by molar-refractivity contribution is 0.776. The minimum atomic E-state index is 0.186. The first-order valence-corrected chi connectivity index (χ1v) is 5.04. The van der Waals surface area contributed by atoms with Gasteiger partial charge in [-0.15, -0.1) is 11.7 Å². The molecule has 0 saturated heterocycles. The van der Waals surface area contributed by atoms with Crippen molar-refractivity contribution >= 4 is 35.1 Å². The molecule has 1 nitrogen and oxygen atoms in total. The zero-order valence-electron chi connectivity index (χ0n) is 4.58. The SMILES string of the molecule is NC(CCCS)SS. The predicted octanol–water partition coefficient (Wildman–Crippen LogP) is 1.56. The van der Waals surface area contributed by atoms with Crippen LogP contribution >= 0.6 is 35.1 Å². The van der Waals surface area contributed by atoms with Gasteiger partial charge < -0.3 is 5.73 Å². The van der Waals surface area contributed by atoms with Crippen LogP contribution in [0.1, 0.15) is 12.8 Å². The van der Waals surface area contributed by atoms with Gasteiger partial charge in [0.25, 0.3) is 0 Å². The number of nitrogens with two attached hydrogens (primary N) is 1. The predicted molar refractivity (Wildman–Crippen MR) is 47.6 cm³/mol. The summed E-state index contributed by atoms with van der Waals surface area (Å²) in [5, 5.41) is 0.186. The van der Waals surface area contributed by atoms with E-state index in [1.165, 1.54) is 10.8 Å². The van der Waals surface area contributed by atoms with Crippen LogP contribution in [0, 0.1) is 0 Å². The van der Waals surface area contributed by atoms with Crippen LogP contribution in [-0.4, -0.2) is 11.1 Å². The molecular formula is C4H11NS3. The van der Waals surface area contributed by atoms with Crippen LogP contribution in [0.4, 0.5) is 0 Å². The van der Waals surface area contributed by atoms with Gasteiger partial charge in [0.15, 0.2) is 0 Å². The van der Waals surface area contributed by atoms with Crippen molar-refractivity contribution < 1.29 is 0 Å². The van der Waals surface area contributed by atoms with Crippen LogP contribution < -0.4 is 5.73 Å². The van der Waals surface area contributed by atoms with Crippen LogP contribution in [0.15, 0.2) is 0 Å². The quantitative estimate of drug-likeness (QED) is 0.338. The number of rotatable bonds is 4. The van der Waals surface area contributed by atoms with Gasteiger partial charge in [0, 0.05) is 0 Å². The summed E-state index contributed by atoms with van der Waals surface area (Å²) < 4.78 is 0. The molecule has 0 heterocycles. The van der Waals surface area contributed by atoms with Crippen molar-refractivity contribution in [2.45, 2.75) is 18.2 Å². The van der Waals surface area contributed by atoms with Crippen molar-refractivity contribution in [1.29, 1.82) is 0 Å². The largest absolute Gasteiger partial charge is 0.319 e. The molecule has 0 bridgehead atoms. The minimum absolute atomic E-state index is 0.186. The molecule has 0 spiro atoms. The Kier molecular flexibility index (Phi) is 6.91. The molecule has 50 valence electrons. The molecule has 0 aliphatic rings. The normalized spacial score (nSPS) is 13.9. The van der Waals surface area contributed by atoms with Crippen molar-refractivity contribution in [2.24, 2.45) is 5.73 Å². The summed E-state index contributed by atoms with van der Waals surface area (Å²) in [7, 11) is 1.40. The third-order valence-electron chi connectivity index (χ3n) is 0.782. The first-order chi connectivity index (χ1) is 3.81. The van der Waals surface area contributed by atoms with Gasteiger partial charge in [0.1, 0.15) is 0 Å². The number of thiol groups is 2. The summed E-state index contributed by atoms with van der Waals surface area (Å²) in [5.74, 6) is 0.919. The molecule has 0 fully saturated rings. The highest BCUT2D eigenvalue weighted by atomic mass is 33.1. The third kappa shape index (κ3) is 5.15. The van der Waals surface area contributed by atoms with Gasteiger partial charge in [-0.05, 0) is 18.6 Å². The molecule has 0 aromatic rings. The van der Waals surface area contributed by atoms with Gasteiger partial charge in [-0.1, -0.05) is 10.8 Å². The van der Waals surface area contributed by atoms with E-state index >= 15 is 0 Å². The van der Waals surface area contributed by atoms with E-state index in [2.05, 4.69) is 24.3 Å². The molecule has 0 aliphatic heterocycles. The second-order valence-corrected chi connectivity index (χ2v) is 3.41. The molecule has 4 heteroatoms. The fourth-order valence-corrected chi connectivity index (χ4v) is 1.12. The van der Waals surface area contributed by atoms with E-state index < -0.39 is 0 Å². The van der Waals surface area contributed by atoms with Crippen LogP contribution in [-0.2, 0) is 0 Å². The Morgan fingerprint density at radius 2 is 2.25 bits per heavy atom. The minimum Gasteiger partial charge on any atom is -0.319 e. The van der Waals surface area contributed by atoms with Crippen LogP contribution in [0.2, 0.25) is 0 Å². The van der Waals surface area contributed by atoms with E-state index in [1.807, 2.05) is 0 Å². The van der Waals surface area contributed by atoms with Crippen LogP contribution in [0.3, 0.4) is 0 Å². The molecule has 1 atom stereocenters. The lowest BCUT2D eigenvalue weighted by atomic mass is 10.3. The van der Waals surface area contributed by atoms with E-state index in [-0.39, 0.29) is 5.37 Å². The summed E-state index contributed by atoms with van der Waals surface area (Å²) >= 11 is 8.00. The zero-order valence-corrected chi connectivity index (χ0v) is 7.18. The van der Waals surface area contributed by atoms with E-state index in [0.717, 1.165) is 18.6 Å². The molecule has 0 radical (unpaired) electrons. The Morgan fingerprint density at radius 1 is 1.62 bits per heavy atom. The van der Waals surface area contributed by atoms with E-state index in [1.54, 1.807) is 0 Å². The van der Waals surface area contributed by atoms with Gasteiger partial charge in [-0.3, -0.25) is 0 Å². The Hall–Kier alpha value is 1.01. The third-order valence-corrected chi connectivity index (χ3v) is 2.42. The first-order valence-electron chi connectivity index (χ1n) is 2.48. The molecule has 1 unspecified atom stereocenters. The molecule has 0 aliphatic carbocycles. The van der Waals surface area contributed by atoms with Crippen molar-refractivity contribution in [2.75, 3.05) is 5.75 Å². The van der Waals surface area contributed by atoms with E-state index in [9.17, 15) is 0 Å². The van der Waals surface area contributed by atoms with Gasteiger partial charge in [0.05, 0.1) is 5.37 Å². The summed E-state index contributed by atoms with van der Waals surface area (Å²) in [6.45, 7) is 0. The Balaban J connectivity index is 2.86. The fraction of sp³-hybridized carbons (Fsp3) is 1.00. The summed E-state index contributed by atoms with van der Waals surface area (Å²) in [5.41, 5.74) is 5.51. The lowest BCUT2D eigenvalue weighted by Crippen LogP contribution is -2.13. The average Bonchev–Trinajstić information content (AvgIpc) is 1.83. The topological polar surface area (TPSA) is 26.0 Å². The van der Waals surface area contributed by atoms with E-state index in [0.29, 0.717) is 0 Å². The molecular weight excluding hydrogens is 158 g/mol. The van der Waals surface area contributed by atoms with Crippen molar-refractivity contribution in [3.63, 3.8) is 0 Å². The fourth-order valence-electron chi connectivity index (χ4n) is 0.345. The molecule has 0 aromatic carbocycles. The monoisotopic (exact) mass is 169 g/mol. The van der Waals surface area contributed by atoms with Crippen molar-refractivity contribution in [3.8, 4) is 0 Å². The second kappa shape index (κ2) is 6.13. The zero-order chi connectivity index (χ0) is 6.41. The summed E-state index contributed by atoms with van der Waals surface area (Å²) in [4.78, 5) is 0. The van der Waals surface area contributed by atoms with Crippen molar-refractivity contribution in [1.82, 2.24) is 0 Å². The van der Waals surface area contributed by atoms with Crippen LogP contribution in [0.25, 0.3) is 0 Å². The summed E-state index contributed by atoms with van der Waals surface area (Å²) in [6.07, 6.45) is 2.09.